The molecule has 388 valence electrons. The van der Waals surface area contributed by atoms with Crippen molar-refractivity contribution in [1.82, 2.24) is 0 Å². The summed E-state index contributed by atoms with van der Waals surface area (Å²) < 4.78 is 32.9. The number of ether oxygens (including phenoxy) is 2. The van der Waals surface area contributed by atoms with Crippen molar-refractivity contribution < 1.29 is 37.6 Å². The molecule has 0 aromatic rings. The summed E-state index contributed by atoms with van der Waals surface area (Å²) in [7, 11) is -4.40. The van der Waals surface area contributed by atoms with E-state index in [4.69, 9.17) is 24.3 Å². The standard InChI is InChI=1S/C57H102NO8P/c1-3-5-7-9-11-13-15-17-19-20-21-22-23-24-25-26-27-28-29-30-31-32-33-34-36-37-39-41-43-45-47-49-56(59)63-53-55(54-65-67(61,62)64-52-51-58)66-57(60)50-48-46-44-42-40-38-35-18-16-14-12-10-8-6-4-2/h6,8,12,14-15,17-18,20-21,35,40,42,55H,3-5,7,9-11,13,16,19,22-34,36-39,41,43-54,58H2,1-2H3,(H,61,62)/b8-6-,14-12-,17-15-,21-20-,35-18-,42-40-. The van der Waals surface area contributed by atoms with Gasteiger partial charge in [-0.2, -0.15) is 0 Å². The number of unbranched alkanes of at least 4 members (excludes halogenated alkanes) is 26. The van der Waals surface area contributed by atoms with E-state index in [-0.39, 0.29) is 32.6 Å². The van der Waals surface area contributed by atoms with Crippen LogP contribution in [-0.2, 0) is 32.7 Å². The monoisotopic (exact) mass is 960 g/mol. The van der Waals surface area contributed by atoms with Crippen LogP contribution in [-0.4, -0.2) is 49.3 Å². The van der Waals surface area contributed by atoms with E-state index in [1.54, 1.807) is 0 Å². The Kier molecular flexibility index (Phi) is 50.8. The van der Waals surface area contributed by atoms with Crippen LogP contribution in [0, 0.1) is 0 Å². The van der Waals surface area contributed by atoms with Gasteiger partial charge in [0.25, 0.3) is 0 Å². The lowest BCUT2D eigenvalue weighted by molar-refractivity contribution is -0.161. The van der Waals surface area contributed by atoms with Gasteiger partial charge >= 0.3 is 19.8 Å². The van der Waals surface area contributed by atoms with E-state index < -0.39 is 32.5 Å². The lowest BCUT2D eigenvalue weighted by Crippen LogP contribution is -2.29. The van der Waals surface area contributed by atoms with Crippen LogP contribution in [0.3, 0.4) is 0 Å². The van der Waals surface area contributed by atoms with Crippen molar-refractivity contribution in [2.24, 2.45) is 5.73 Å². The molecule has 0 radical (unpaired) electrons. The summed E-state index contributed by atoms with van der Waals surface area (Å²) in [6.07, 6.45) is 66.9. The maximum absolute atomic E-state index is 12.6. The lowest BCUT2D eigenvalue weighted by Gasteiger charge is -2.19. The fourth-order valence-electron chi connectivity index (χ4n) is 7.54. The van der Waals surface area contributed by atoms with Crippen LogP contribution in [0.2, 0.25) is 0 Å². The molecule has 0 bridgehead atoms. The van der Waals surface area contributed by atoms with Crippen molar-refractivity contribution in [3.63, 3.8) is 0 Å². The Morgan fingerprint density at radius 3 is 1.25 bits per heavy atom. The molecule has 10 heteroatoms. The molecule has 0 fully saturated rings. The molecule has 0 aromatic heterocycles. The van der Waals surface area contributed by atoms with E-state index in [1.807, 2.05) is 0 Å². The second kappa shape index (κ2) is 52.8. The summed E-state index contributed by atoms with van der Waals surface area (Å²) in [5, 5.41) is 0. The van der Waals surface area contributed by atoms with Crippen LogP contribution in [0.25, 0.3) is 0 Å². The first-order valence-corrected chi connectivity index (χ1v) is 28.9. The number of rotatable bonds is 51. The first-order valence-electron chi connectivity index (χ1n) is 27.4. The van der Waals surface area contributed by atoms with Crippen LogP contribution in [0.1, 0.15) is 245 Å². The minimum absolute atomic E-state index is 0.0445. The van der Waals surface area contributed by atoms with Gasteiger partial charge in [-0.25, -0.2) is 4.57 Å². The first kappa shape index (κ1) is 64.5. The predicted molar refractivity (Wildman–Crippen MR) is 284 cm³/mol. The zero-order valence-electron chi connectivity index (χ0n) is 43.1. The fourth-order valence-corrected chi connectivity index (χ4v) is 8.31. The third-order valence-corrected chi connectivity index (χ3v) is 12.6. The molecular weight excluding hydrogens is 858 g/mol. The maximum Gasteiger partial charge on any atom is 0.472 e. The average Bonchev–Trinajstić information content (AvgIpc) is 3.32. The van der Waals surface area contributed by atoms with Gasteiger partial charge in [-0.3, -0.25) is 18.6 Å². The van der Waals surface area contributed by atoms with E-state index in [0.717, 1.165) is 64.2 Å². The molecule has 0 spiro atoms. The largest absolute Gasteiger partial charge is 0.472 e. The Labute approximate surface area is 411 Å². The second-order valence-corrected chi connectivity index (χ2v) is 19.5. The highest BCUT2D eigenvalue weighted by Crippen LogP contribution is 2.43. The van der Waals surface area contributed by atoms with Crippen molar-refractivity contribution in [2.75, 3.05) is 26.4 Å². The van der Waals surface area contributed by atoms with Gasteiger partial charge in [0.2, 0.25) is 0 Å². The molecule has 2 unspecified atom stereocenters. The minimum atomic E-state index is -4.40. The number of nitrogens with two attached hydrogens (primary N) is 1. The van der Waals surface area contributed by atoms with E-state index >= 15 is 0 Å². The molecule has 0 aromatic carbocycles. The van der Waals surface area contributed by atoms with E-state index in [1.165, 1.54) is 148 Å². The Morgan fingerprint density at radius 1 is 0.463 bits per heavy atom. The summed E-state index contributed by atoms with van der Waals surface area (Å²) in [4.78, 5) is 35.0. The lowest BCUT2D eigenvalue weighted by atomic mass is 10.0. The Morgan fingerprint density at radius 2 is 0.821 bits per heavy atom. The van der Waals surface area contributed by atoms with Gasteiger partial charge in [0.1, 0.15) is 6.61 Å². The number of phosphoric ester groups is 1. The zero-order chi connectivity index (χ0) is 48.8. The summed E-state index contributed by atoms with van der Waals surface area (Å²) >= 11 is 0. The van der Waals surface area contributed by atoms with Gasteiger partial charge in [0.05, 0.1) is 13.2 Å². The van der Waals surface area contributed by atoms with Crippen LogP contribution in [0.4, 0.5) is 0 Å². The number of allylic oxidation sites excluding steroid dienone is 12. The van der Waals surface area contributed by atoms with E-state index in [9.17, 15) is 19.0 Å². The number of esters is 2. The van der Waals surface area contributed by atoms with E-state index in [0.29, 0.717) is 6.42 Å². The summed E-state index contributed by atoms with van der Waals surface area (Å²) in [6.45, 7) is 3.58. The Hall–Kier alpha value is -2.55. The van der Waals surface area contributed by atoms with Crippen LogP contribution < -0.4 is 5.73 Å². The molecule has 3 N–H and O–H groups in total. The zero-order valence-corrected chi connectivity index (χ0v) is 44.0. The highest BCUT2D eigenvalue weighted by Gasteiger charge is 2.26. The molecule has 0 aliphatic carbocycles. The summed E-state index contributed by atoms with van der Waals surface area (Å²) in [6, 6.07) is 0. The molecule has 0 aliphatic rings. The quantitative estimate of drug-likeness (QED) is 0.0264. The molecule has 0 saturated carbocycles. The Balaban J connectivity index is 3.92. The molecule has 0 aliphatic heterocycles. The maximum atomic E-state index is 12.6. The van der Waals surface area contributed by atoms with Gasteiger partial charge in [-0.15, -0.1) is 0 Å². The van der Waals surface area contributed by atoms with Gasteiger partial charge in [-0.1, -0.05) is 222 Å². The predicted octanol–water partition coefficient (Wildman–Crippen LogP) is 17.0. The first-order chi connectivity index (χ1) is 32.8. The fraction of sp³-hybridized carbons (Fsp3) is 0.754. The SMILES string of the molecule is CC/C=C\C/C=C\C/C=C\C/C=C\CCCCC(=O)OC(COC(=O)CCCCCCCCCCCCCCCCCCCCC/C=C\C/C=C\CCCCCCC)COP(=O)(O)OCCN. The number of hydrogen-bond acceptors (Lipinski definition) is 8. The number of hydrogen-bond donors (Lipinski definition) is 2. The molecule has 0 heterocycles. The topological polar surface area (TPSA) is 134 Å². The third kappa shape index (κ3) is 52.7. The second-order valence-electron chi connectivity index (χ2n) is 18.1. The Bertz CT molecular complexity index is 1320. The van der Waals surface area contributed by atoms with Crippen molar-refractivity contribution in [3.05, 3.63) is 72.9 Å². The van der Waals surface area contributed by atoms with Crippen molar-refractivity contribution >= 4 is 19.8 Å². The van der Waals surface area contributed by atoms with Crippen LogP contribution in [0.15, 0.2) is 72.9 Å². The number of carbonyl (C=O) groups is 2. The molecule has 0 rings (SSSR count). The van der Waals surface area contributed by atoms with Gasteiger partial charge in [-0.05, 0) is 83.5 Å². The number of phosphoric acid groups is 1. The smallest absolute Gasteiger partial charge is 0.462 e. The summed E-state index contributed by atoms with van der Waals surface area (Å²) in [5.74, 6) is -0.873. The van der Waals surface area contributed by atoms with Crippen molar-refractivity contribution in [2.45, 2.75) is 251 Å². The van der Waals surface area contributed by atoms with Gasteiger partial charge in [0.15, 0.2) is 6.10 Å². The summed E-state index contributed by atoms with van der Waals surface area (Å²) in [5.41, 5.74) is 5.36. The molecule has 67 heavy (non-hydrogen) atoms. The molecule has 9 nitrogen and oxygen atoms in total. The average molecular weight is 960 g/mol. The van der Waals surface area contributed by atoms with Crippen molar-refractivity contribution in [1.29, 1.82) is 0 Å². The number of carbonyl (C=O) groups excluding carboxylic acids is 2. The van der Waals surface area contributed by atoms with E-state index in [2.05, 4.69) is 86.8 Å². The normalized spacial score (nSPS) is 13.7. The highest BCUT2D eigenvalue weighted by molar-refractivity contribution is 7.47. The molecular formula is C57H102NO8P. The minimum Gasteiger partial charge on any atom is -0.462 e. The molecule has 0 amide bonds. The van der Waals surface area contributed by atoms with Gasteiger partial charge in [0, 0.05) is 19.4 Å². The van der Waals surface area contributed by atoms with Crippen molar-refractivity contribution in [3.8, 4) is 0 Å². The third-order valence-electron chi connectivity index (χ3n) is 11.6. The molecule has 2 atom stereocenters. The highest BCUT2D eigenvalue weighted by atomic mass is 31.2. The van der Waals surface area contributed by atoms with Gasteiger partial charge < -0.3 is 20.1 Å². The molecule has 0 saturated heterocycles. The van der Waals surface area contributed by atoms with Crippen LogP contribution >= 0.6 is 7.82 Å². The van der Waals surface area contributed by atoms with Crippen LogP contribution in [0.5, 0.6) is 0 Å².